The molecule has 6 nitrogen and oxygen atoms in total. The van der Waals surface area contributed by atoms with Gasteiger partial charge < -0.3 is 0 Å². The van der Waals surface area contributed by atoms with Gasteiger partial charge in [-0.1, -0.05) is 24.3 Å². The van der Waals surface area contributed by atoms with Crippen molar-refractivity contribution in [2.45, 2.75) is 25.2 Å². The summed E-state index contributed by atoms with van der Waals surface area (Å²) in [5, 5.41) is 4.02. The van der Waals surface area contributed by atoms with Crippen molar-refractivity contribution in [3.63, 3.8) is 0 Å². The molecule has 1 atom stereocenters. The van der Waals surface area contributed by atoms with E-state index in [0.29, 0.717) is 11.5 Å². The van der Waals surface area contributed by atoms with Gasteiger partial charge in [0.2, 0.25) is 5.95 Å². The molecule has 1 aromatic carbocycles. The zero-order chi connectivity index (χ0) is 16.5. The SMILES string of the molecule is O=C(Cc1cnc(-n2cccn2)[nH]c1=O)C1CCc2ccccc21. The minimum Gasteiger partial charge on any atom is -0.299 e. The van der Waals surface area contributed by atoms with Crippen LogP contribution in [0.5, 0.6) is 0 Å². The summed E-state index contributed by atoms with van der Waals surface area (Å²) in [4.78, 5) is 31.8. The first-order valence-electron chi connectivity index (χ1n) is 7.91. The van der Waals surface area contributed by atoms with E-state index in [9.17, 15) is 9.59 Å². The lowest BCUT2D eigenvalue weighted by molar-refractivity contribution is -0.119. The summed E-state index contributed by atoms with van der Waals surface area (Å²) >= 11 is 0. The number of hydrogen-bond acceptors (Lipinski definition) is 4. The van der Waals surface area contributed by atoms with Crippen LogP contribution in [-0.2, 0) is 17.6 Å². The summed E-state index contributed by atoms with van der Waals surface area (Å²) in [5.74, 6) is 0.290. The third-order valence-electron chi connectivity index (χ3n) is 4.47. The molecular formula is C18H16N4O2. The molecule has 1 aliphatic carbocycles. The first kappa shape index (κ1) is 14.6. The number of hydrogen-bond donors (Lipinski definition) is 1. The fraction of sp³-hybridized carbons (Fsp3) is 0.222. The maximum absolute atomic E-state index is 12.6. The fourth-order valence-corrected chi connectivity index (χ4v) is 3.25. The van der Waals surface area contributed by atoms with Crippen molar-refractivity contribution in [3.05, 3.63) is 76.0 Å². The summed E-state index contributed by atoms with van der Waals surface area (Å²) in [6.07, 6.45) is 6.59. The van der Waals surface area contributed by atoms with E-state index >= 15 is 0 Å². The van der Waals surface area contributed by atoms with Crippen LogP contribution in [0.25, 0.3) is 5.95 Å². The van der Waals surface area contributed by atoms with Crippen molar-refractivity contribution < 1.29 is 4.79 Å². The summed E-state index contributed by atoms with van der Waals surface area (Å²) < 4.78 is 1.47. The lowest BCUT2D eigenvalue weighted by atomic mass is 9.93. The number of benzene rings is 1. The number of carbonyl (C=O) groups excluding carboxylic acids is 1. The number of ketones is 1. The second kappa shape index (κ2) is 5.88. The molecule has 0 radical (unpaired) electrons. The van der Waals surface area contributed by atoms with Crippen molar-refractivity contribution in [1.82, 2.24) is 19.7 Å². The highest BCUT2D eigenvalue weighted by Crippen LogP contribution is 2.33. The van der Waals surface area contributed by atoms with Crippen LogP contribution in [0.1, 0.15) is 29.0 Å². The van der Waals surface area contributed by atoms with Gasteiger partial charge in [0.05, 0.1) is 0 Å². The molecule has 0 amide bonds. The van der Waals surface area contributed by atoms with E-state index in [1.807, 2.05) is 18.2 Å². The topological polar surface area (TPSA) is 80.6 Å². The van der Waals surface area contributed by atoms with Gasteiger partial charge in [0.1, 0.15) is 5.78 Å². The van der Waals surface area contributed by atoms with Gasteiger partial charge in [-0.05, 0) is 30.0 Å². The number of fused-ring (bicyclic) bond motifs is 1. The van der Waals surface area contributed by atoms with Crippen LogP contribution in [-0.4, -0.2) is 25.5 Å². The maximum atomic E-state index is 12.6. The highest BCUT2D eigenvalue weighted by molar-refractivity contribution is 5.88. The van der Waals surface area contributed by atoms with Crippen LogP contribution < -0.4 is 5.56 Å². The fourth-order valence-electron chi connectivity index (χ4n) is 3.25. The number of aryl methyl sites for hydroxylation is 1. The Bertz CT molecular complexity index is 944. The number of aromatic nitrogens is 4. The molecule has 2 heterocycles. The molecule has 0 saturated heterocycles. The van der Waals surface area contributed by atoms with Crippen molar-refractivity contribution in [3.8, 4) is 5.95 Å². The van der Waals surface area contributed by atoms with Crippen molar-refractivity contribution in [1.29, 1.82) is 0 Å². The molecule has 2 aromatic heterocycles. The molecule has 1 aliphatic rings. The Morgan fingerprint density at radius 1 is 1.29 bits per heavy atom. The number of nitrogens with one attached hydrogen (secondary N) is 1. The van der Waals surface area contributed by atoms with Gasteiger partial charge in [0.25, 0.3) is 5.56 Å². The Morgan fingerprint density at radius 2 is 2.17 bits per heavy atom. The minimum atomic E-state index is -0.296. The molecule has 0 spiro atoms. The normalized spacial score (nSPS) is 16.1. The van der Waals surface area contributed by atoms with Crippen LogP contribution in [0.4, 0.5) is 0 Å². The zero-order valence-corrected chi connectivity index (χ0v) is 13.0. The number of H-pyrrole nitrogens is 1. The molecule has 1 unspecified atom stereocenters. The molecule has 3 aromatic rings. The van der Waals surface area contributed by atoms with Gasteiger partial charge in [-0.2, -0.15) is 5.10 Å². The van der Waals surface area contributed by atoms with Crippen LogP contribution in [0.2, 0.25) is 0 Å². The van der Waals surface area contributed by atoms with Gasteiger partial charge in [0.15, 0.2) is 0 Å². The van der Waals surface area contributed by atoms with E-state index in [1.165, 1.54) is 16.4 Å². The van der Waals surface area contributed by atoms with Crippen LogP contribution in [0, 0.1) is 0 Å². The number of Topliss-reactive ketones (excluding diaryl/α,β-unsaturated/α-hetero) is 1. The second-order valence-corrected chi connectivity index (χ2v) is 5.94. The summed E-state index contributed by atoms with van der Waals surface area (Å²) in [6.45, 7) is 0. The van der Waals surface area contributed by atoms with Gasteiger partial charge in [-0.15, -0.1) is 0 Å². The van der Waals surface area contributed by atoms with Crippen molar-refractivity contribution >= 4 is 5.78 Å². The number of rotatable bonds is 4. The van der Waals surface area contributed by atoms with Crippen LogP contribution in [0.15, 0.2) is 53.7 Å². The minimum absolute atomic E-state index is 0.0686. The smallest absolute Gasteiger partial charge is 0.255 e. The monoisotopic (exact) mass is 320 g/mol. The van der Waals surface area contributed by atoms with Gasteiger partial charge in [-0.25, -0.2) is 9.67 Å². The summed E-state index contributed by atoms with van der Waals surface area (Å²) in [5.41, 5.74) is 2.42. The molecule has 4 rings (SSSR count). The lowest BCUT2D eigenvalue weighted by Gasteiger charge is -2.10. The first-order chi connectivity index (χ1) is 11.7. The van der Waals surface area contributed by atoms with E-state index < -0.39 is 0 Å². The second-order valence-electron chi connectivity index (χ2n) is 5.94. The quantitative estimate of drug-likeness (QED) is 0.795. The van der Waals surface area contributed by atoms with E-state index in [2.05, 4.69) is 21.1 Å². The molecule has 1 N–H and O–H groups in total. The van der Waals surface area contributed by atoms with Gasteiger partial charge >= 0.3 is 0 Å². The number of aromatic amines is 1. The number of nitrogens with zero attached hydrogens (tertiary/aromatic N) is 3. The van der Waals surface area contributed by atoms with E-state index in [0.717, 1.165) is 18.4 Å². The first-order valence-corrected chi connectivity index (χ1v) is 7.91. The number of carbonyl (C=O) groups is 1. The average Bonchev–Trinajstić information content (AvgIpc) is 3.26. The van der Waals surface area contributed by atoms with E-state index in [1.54, 1.807) is 18.5 Å². The maximum Gasteiger partial charge on any atom is 0.255 e. The Labute approximate surface area is 138 Å². The predicted molar refractivity (Wildman–Crippen MR) is 88.2 cm³/mol. The third kappa shape index (κ3) is 2.56. The summed E-state index contributed by atoms with van der Waals surface area (Å²) in [6, 6.07) is 9.77. The van der Waals surface area contributed by atoms with E-state index in [4.69, 9.17) is 0 Å². The predicted octanol–water partition coefficient (Wildman–Crippen LogP) is 1.80. The molecular weight excluding hydrogens is 304 g/mol. The van der Waals surface area contributed by atoms with E-state index in [-0.39, 0.29) is 23.7 Å². The Morgan fingerprint density at radius 3 is 2.96 bits per heavy atom. The Hall–Kier alpha value is -3.02. The van der Waals surface area contributed by atoms with Crippen molar-refractivity contribution in [2.75, 3.05) is 0 Å². The zero-order valence-electron chi connectivity index (χ0n) is 13.0. The molecule has 24 heavy (non-hydrogen) atoms. The average molecular weight is 320 g/mol. The van der Waals surface area contributed by atoms with Crippen molar-refractivity contribution in [2.24, 2.45) is 0 Å². The van der Waals surface area contributed by atoms with Gasteiger partial charge in [0, 0.05) is 36.5 Å². The standard InChI is InChI=1S/C18H16N4O2/c23-16(15-7-6-12-4-1-2-5-14(12)15)10-13-11-19-18(21-17(13)24)22-9-3-8-20-22/h1-5,8-9,11,15H,6-7,10H2,(H,19,21,24). The molecule has 0 saturated carbocycles. The lowest BCUT2D eigenvalue weighted by Crippen LogP contribution is -2.22. The molecule has 6 heteroatoms. The molecule has 0 fully saturated rings. The Kier molecular flexibility index (Phi) is 3.57. The van der Waals surface area contributed by atoms with Crippen LogP contribution in [0.3, 0.4) is 0 Å². The Balaban J connectivity index is 1.56. The molecule has 0 bridgehead atoms. The third-order valence-corrected chi connectivity index (χ3v) is 4.47. The molecule has 0 aliphatic heterocycles. The molecule has 120 valence electrons. The van der Waals surface area contributed by atoms with Gasteiger partial charge in [-0.3, -0.25) is 14.6 Å². The largest absolute Gasteiger partial charge is 0.299 e. The summed E-state index contributed by atoms with van der Waals surface area (Å²) in [7, 11) is 0. The highest BCUT2D eigenvalue weighted by Gasteiger charge is 2.28. The van der Waals surface area contributed by atoms with Crippen LogP contribution >= 0.6 is 0 Å². The highest BCUT2D eigenvalue weighted by atomic mass is 16.1.